The van der Waals surface area contributed by atoms with E-state index in [9.17, 15) is 5.11 Å². The summed E-state index contributed by atoms with van der Waals surface area (Å²) in [6.07, 6.45) is 3.71. The van der Waals surface area contributed by atoms with E-state index < -0.39 is 0 Å². The van der Waals surface area contributed by atoms with Gasteiger partial charge in [0.1, 0.15) is 11.8 Å². The van der Waals surface area contributed by atoms with E-state index >= 15 is 0 Å². The van der Waals surface area contributed by atoms with Gasteiger partial charge in [0.25, 0.3) is 0 Å². The molecule has 2 rings (SSSR count). The predicted molar refractivity (Wildman–Crippen MR) is 79.4 cm³/mol. The van der Waals surface area contributed by atoms with E-state index in [0.717, 1.165) is 44.6 Å². The Morgan fingerprint density at radius 3 is 2.85 bits per heavy atom. The first-order valence-corrected chi connectivity index (χ1v) is 7.05. The Bertz CT molecular complexity index is 501. The van der Waals surface area contributed by atoms with Gasteiger partial charge in [-0.3, -0.25) is 4.90 Å². The quantitative estimate of drug-likeness (QED) is 0.806. The number of nitriles is 1. The Labute approximate surface area is 120 Å². The Hall–Kier alpha value is -1.83. The molecule has 0 amide bonds. The van der Waals surface area contributed by atoms with Crippen LogP contribution < -0.4 is 5.32 Å². The lowest BCUT2D eigenvalue weighted by Gasteiger charge is -2.35. The van der Waals surface area contributed by atoms with E-state index in [2.05, 4.69) is 16.8 Å². The van der Waals surface area contributed by atoms with Crippen molar-refractivity contribution in [2.45, 2.75) is 18.9 Å². The van der Waals surface area contributed by atoms with Crippen molar-refractivity contribution < 1.29 is 5.11 Å². The molecule has 20 heavy (non-hydrogen) atoms. The molecule has 106 valence electrons. The van der Waals surface area contributed by atoms with Crippen LogP contribution in [0.2, 0.25) is 0 Å². The first kappa shape index (κ1) is 14.6. The molecule has 1 aromatic carbocycles. The van der Waals surface area contributed by atoms with E-state index in [1.54, 1.807) is 6.07 Å². The van der Waals surface area contributed by atoms with Gasteiger partial charge in [-0.25, -0.2) is 0 Å². The molecular weight excluding hydrogens is 250 g/mol. The van der Waals surface area contributed by atoms with Gasteiger partial charge in [0.15, 0.2) is 0 Å². The highest BCUT2D eigenvalue weighted by molar-refractivity contribution is 5.48. The molecule has 1 atom stereocenters. The van der Waals surface area contributed by atoms with Crippen LogP contribution in [0.25, 0.3) is 0 Å². The van der Waals surface area contributed by atoms with Gasteiger partial charge in [-0.1, -0.05) is 18.2 Å². The highest BCUT2D eigenvalue weighted by atomic mass is 16.3. The van der Waals surface area contributed by atoms with Gasteiger partial charge in [-0.15, -0.1) is 6.58 Å². The van der Waals surface area contributed by atoms with E-state index in [4.69, 9.17) is 5.26 Å². The minimum atomic E-state index is 0.127. The number of hydrogen-bond acceptors (Lipinski definition) is 4. The molecule has 0 bridgehead atoms. The second-order valence-corrected chi connectivity index (χ2v) is 5.02. The SMILES string of the molecule is C=CCC[C@@H](c1cccc(C#N)c1O)N1CCNCC1. The van der Waals surface area contributed by atoms with Crippen LogP contribution in [0, 0.1) is 11.3 Å². The third-order valence-corrected chi connectivity index (χ3v) is 3.78. The van der Waals surface area contributed by atoms with Crippen molar-refractivity contribution in [3.05, 3.63) is 42.0 Å². The van der Waals surface area contributed by atoms with Crippen LogP contribution in [0.4, 0.5) is 0 Å². The number of rotatable bonds is 5. The molecule has 1 aliphatic rings. The number of nitrogens with one attached hydrogen (secondary N) is 1. The topological polar surface area (TPSA) is 59.3 Å². The highest BCUT2D eigenvalue weighted by Crippen LogP contribution is 2.34. The molecule has 1 saturated heterocycles. The van der Waals surface area contributed by atoms with Crippen molar-refractivity contribution in [2.75, 3.05) is 26.2 Å². The summed E-state index contributed by atoms with van der Waals surface area (Å²) < 4.78 is 0. The third-order valence-electron chi connectivity index (χ3n) is 3.78. The van der Waals surface area contributed by atoms with Crippen molar-refractivity contribution >= 4 is 0 Å². The molecule has 1 aromatic rings. The lowest BCUT2D eigenvalue weighted by molar-refractivity contribution is 0.163. The standard InChI is InChI=1S/C16H21N3O/c1-2-3-7-15(19-10-8-18-9-11-19)14-6-4-5-13(12-17)16(14)20/h2,4-6,15,18,20H,1,3,7-11H2/t15-/m0/s1. The molecule has 0 unspecified atom stereocenters. The van der Waals surface area contributed by atoms with Gasteiger partial charge in [-0.2, -0.15) is 5.26 Å². The molecule has 1 heterocycles. The van der Waals surface area contributed by atoms with Crippen LogP contribution in [0.1, 0.15) is 30.0 Å². The maximum absolute atomic E-state index is 10.3. The van der Waals surface area contributed by atoms with Crippen molar-refractivity contribution in [1.29, 1.82) is 5.26 Å². The molecule has 1 fully saturated rings. The predicted octanol–water partition coefficient (Wildman–Crippen LogP) is 2.18. The smallest absolute Gasteiger partial charge is 0.138 e. The molecule has 1 aliphatic heterocycles. The van der Waals surface area contributed by atoms with E-state index in [1.165, 1.54) is 0 Å². The maximum atomic E-state index is 10.3. The Kier molecular flexibility index (Phi) is 5.16. The molecule has 4 nitrogen and oxygen atoms in total. The lowest BCUT2D eigenvalue weighted by atomic mass is 9.96. The number of benzene rings is 1. The van der Waals surface area contributed by atoms with E-state index in [-0.39, 0.29) is 11.8 Å². The normalized spacial score (nSPS) is 17.4. The number of phenols is 1. The zero-order valence-electron chi connectivity index (χ0n) is 11.7. The first-order chi connectivity index (χ1) is 9.77. The largest absolute Gasteiger partial charge is 0.506 e. The maximum Gasteiger partial charge on any atom is 0.138 e. The lowest BCUT2D eigenvalue weighted by Crippen LogP contribution is -2.45. The van der Waals surface area contributed by atoms with Gasteiger partial charge < -0.3 is 10.4 Å². The number of phenolic OH excluding ortho intramolecular Hbond substituents is 1. The van der Waals surface area contributed by atoms with E-state index in [0.29, 0.717) is 5.56 Å². The number of hydrogen-bond donors (Lipinski definition) is 2. The van der Waals surface area contributed by atoms with Gasteiger partial charge in [-0.05, 0) is 18.9 Å². The molecular formula is C16H21N3O. The summed E-state index contributed by atoms with van der Waals surface area (Å²) in [4.78, 5) is 2.37. The molecule has 0 spiro atoms. The summed E-state index contributed by atoms with van der Waals surface area (Å²) in [5, 5.41) is 22.7. The van der Waals surface area contributed by atoms with Crippen LogP contribution in [-0.2, 0) is 0 Å². The zero-order chi connectivity index (χ0) is 14.4. The minimum absolute atomic E-state index is 0.127. The van der Waals surface area contributed by atoms with Crippen LogP contribution in [0.3, 0.4) is 0 Å². The van der Waals surface area contributed by atoms with Crippen LogP contribution >= 0.6 is 0 Å². The molecule has 0 aliphatic carbocycles. The fraction of sp³-hybridized carbons (Fsp3) is 0.438. The van der Waals surface area contributed by atoms with Gasteiger partial charge >= 0.3 is 0 Å². The molecule has 4 heteroatoms. The fourth-order valence-corrected chi connectivity index (χ4v) is 2.72. The van der Waals surface area contributed by atoms with E-state index in [1.807, 2.05) is 24.3 Å². The van der Waals surface area contributed by atoms with Crippen molar-refractivity contribution in [2.24, 2.45) is 0 Å². The third kappa shape index (κ3) is 3.19. The summed E-state index contributed by atoms with van der Waals surface area (Å²) in [5.74, 6) is 0.127. The zero-order valence-corrected chi connectivity index (χ0v) is 11.7. The number of nitrogens with zero attached hydrogens (tertiary/aromatic N) is 2. The summed E-state index contributed by atoms with van der Waals surface area (Å²) in [6, 6.07) is 7.61. The summed E-state index contributed by atoms with van der Waals surface area (Å²) in [6.45, 7) is 7.62. The monoisotopic (exact) mass is 271 g/mol. The molecule has 2 N–H and O–H groups in total. The molecule has 0 aromatic heterocycles. The average Bonchev–Trinajstić information content (AvgIpc) is 2.50. The van der Waals surface area contributed by atoms with Gasteiger partial charge in [0.2, 0.25) is 0 Å². The average molecular weight is 271 g/mol. The highest BCUT2D eigenvalue weighted by Gasteiger charge is 2.24. The van der Waals surface area contributed by atoms with Gasteiger partial charge in [0, 0.05) is 37.8 Å². The van der Waals surface area contributed by atoms with Crippen molar-refractivity contribution in [3.8, 4) is 11.8 Å². The Balaban J connectivity index is 2.30. The van der Waals surface area contributed by atoms with Crippen LogP contribution in [-0.4, -0.2) is 36.2 Å². The van der Waals surface area contributed by atoms with Crippen LogP contribution in [0.5, 0.6) is 5.75 Å². The summed E-state index contributed by atoms with van der Waals surface area (Å²) >= 11 is 0. The number of para-hydroxylation sites is 1. The fourth-order valence-electron chi connectivity index (χ4n) is 2.72. The minimum Gasteiger partial charge on any atom is -0.506 e. The number of allylic oxidation sites excluding steroid dienone is 1. The number of aromatic hydroxyl groups is 1. The van der Waals surface area contributed by atoms with Crippen molar-refractivity contribution in [1.82, 2.24) is 10.2 Å². The first-order valence-electron chi connectivity index (χ1n) is 7.05. The molecule has 0 saturated carbocycles. The Morgan fingerprint density at radius 2 is 2.20 bits per heavy atom. The summed E-state index contributed by atoms with van der Waals surface area (Å²) in [5.41, 5.74) is 1.20. The molecule has 0 radical (unpaired) electrons. The summed E-state index contributed by atoms with van der Waals surface area (Å²) in [7, 11) is 0. The Morgan fingerprint density at radius 1 is 1.45 bits per heavy atom. The second-order valence-electron chi connectivity index (χ2n) is 5.02. The van der Waals surface area contributed by atoms with Crippen molar-refractivity contribution in [3.63, 3.8) is 0 Å². The number of piperazine rings is 1. The van der Waals surface area contributed by atoms with Crippen LogP contribution in [0.15, 0.2) is 30.9 Å². The second kappa shape index (κ2) is 7.09. The van der Waals surface area contributed by atoms with Gasteiger partial charge in [0.05, 0.1) is 5.56 Å².